The van der Waals surface area contributed by atoms with E-state index in [0.717, 1.165) is 41.3 Å². The number of ether oxygens (including phenoxy) is 1. The van der Waals surface area contributed by atoms with Gasteiger partial charge in [0.15, 0.2) is 0 Å². The molecule has 0 amide bonds. The van der Waals surface area contributed by atoms with Crippen LogP contribution >= 0.6 is 23.8 Å². The topological polar surface area (TPSA) is 9.23 Å². The Balaban J connectivity index is 1.65. The van der Waals surface area contributed by atoms with Gasteiger partial charge in [0.05, 0.1) is 7.11 Å². The molecule has 0 N–H and O–H groups in total. The summed E-state index contributed by atoms with van der Waals surface area (Å²) in [5, 5.41) is 0.754. The predicted molar refractivity (Wildman–Crippen MR) is 153 cm³/mol. The van der Waals surface area contributed by atoms with E-state index < -0.39 is 0 Å². The first-order chi connectivity index (χ1) is 17.1. The lowest BCUT2D eigenvalue weighted by Gasteiger charge is -2.18. The van der Waals surface area contributed by atoms with Crippen LogP contribution in [0, 0.1) is 0 Å². The second-order valence-electron chi connectivity index (χ2n) is 8.51. The molecule has 4 aromatic rings. The SMILES string of the molecule is COc1ccc(/C(=C(/CCCC(=S)Cc2ccc(Cl)cc2)c2ccccc2)c2ccccc2)cc1. The minimum atomic E-state index is 0.754. The Kier molecular flexibility index (Phi) is 8.89. The van der Waals surface area contributed by atoms with E-state index in [9.17, 15) is 0 Å². The van der Waals surface area contributed by atoms with Gasteiger partial charge >= 0.3 is 0 Å². The highest BCUT2D eigenvalue weighted by molar-refractivity contribution is 7.80. The standard InChI is InChI=1S/C32H29ClOS/c1-34-29-21-17-27(18-22-29)32(26-11-6-3-7-12-26)31(25-9-4-2-5-10-25)14-8-13-30(35)23-24-15-19-28(33)20-16-24/h2-7,9-12,15-22H,8,13-14,23H2,1H3/b32-31-. The van der Waals surface area contributed by atoms with Gasteiger partial charge < -0.3 is 4.74 Å². The van der Waals surface area contributed by atoms with Crippen LogP contribution in [0.5, 0.6) is 5.75 Å². The molecule has 0 atom stereocenters. The van der Waals surface area contributed by atoms with E-state index in [2.05, 4.69) is 84.9 Å². The lowest BCUT2D eigenvalue weighted by atomic mass is 9.86. The molecule has 0 heterocycles. The summed E-state index contributed by atoms with van der Waals surface area (Å²) in [5.41, 5.74) is 7.42. The van der Waals surface area contributed by atoms with Crippen LogP contribution in [-0.2, 0) is 6.42 Å². The Labute approximate surface area is 219 Å². The molecular formula is C32H29ClOS. The highest BCUT2D eigenvalue weighted by atomic mass is 35.5. The van der Waals surface area contributed by atoms with E-state index in [-0.39, 0.29) is 0 Å². The summed E-state index contributed by atoms with van der Waals surface area (Å²) < 4.78 is 5.41. The Morgan fingerprint density at radius 1 is 0.686 bits per heavy atom. The highest BCUT2D eigenvalue weighted by Crippen LogP contribution is 2.36. The zero-order valence-electron chi connectivity index (χ0n) is 19.9. The second-order valence-corrected chi connectivity index (χ2v) is 9.52. The maximum Gasteiger partial charge on any atom is 0.118 e. The van der Waals surface area contributed by atoms with Gasteiger partial charge in [0, 0.05) is 11.4 Å². The maximum absolute atomic E-state index is 6.03. The van der Waals surface area contributed by atoms with E-state index in [1.807, 2.05) is 24.3 Å². The fourth-order valence-corrected chi connectivity index (χ4v) is 4.75. The molecule has 176 valence electrons. The fraction of sp³-hybridized carbons (Fsp3) is 0.156. The number of allylic oxidation sites excluding steroid dienone is 1. The van der Waals surface area contributed by atoms with Crippen molar-refractivity contribution < 1.29 is 4.74 Å². The average Bonchev–Trinajstić information content (AvgIpc) is 2.91. The summed E-state index contributed by atoms with van der Waals surface area (Å²) in [7, 11) is 1.70. The van der Waals surface area contributed by atoms with Gasteiger partial charge in [-0.25, -0.2) is 0 Å². The molecule has 0 unspecified atom stereocenters. The summed E-state index contributed by atoms with van der Waals surface area (Å²) in [5.74, 6) is 0.856. The van der Waals surface area contributed by atoms with Gasteiger partial charge in [-0.15, -0.1) is 0 Å². The quantitative estimate of drug-likeness (QED) is 0.160. The number of rotatable bonds is 10. The zero-order chi connectivity index (χ0) is 24.5. The van der Waals surface area contributed by atoms with Crippen molar-refractivity contribution in [2.45, 2.75) is 25.7 Å². The first kappa shape index (κ1) is 24.9. The lowest BCUT2D eigenvalue weighted by Crippen LogP contribution is -2.01. The first-order valence-corrected chi connectivity index (χ1v) is 12.7. The number of hydrogen-bond donors (Lipinski definition) is 0. The van der Waals surface area contributed by atoms with Crippen molar-refractivity contribution in [3.8, 4) is 5.75 Å². The molecule has 0 spiro atoms. The molecule has 35 heavy (non-hydrogen) atoms. The maximum atomic E-state index is 6.03. The molecule has 0 saturated heterocycles. The number of methoxy groups -OCH3 is 1. The monoisotopic (exact) mass is 496 g/mol. The Hall–Kier alpha value is -3.20. The minimum absolute atomic E-state index is 0.754. The summed E-state index contributed by atoms with van der Waals surface area (Å²) in [4.78, 5) is 1.07. The van der Waals surface area contributed by atoms with Crippen LogP contribution < -0.4 is 4.74 Å². The molecular weight excluding hydrogens is 468 g/mol. The molecule has 3 heteroatoms. The number of hydrogen-bond acceptors (Lipinski definition) is 2. The number of thiocarbonyl (C=S) groups is 1. The molecule has 0 aliphatic rings. The summed E-state index contributed by atoms with van der Waals surface area (Å²) >= 11 is 11.8. The Morgan fingerprint density at radius 2 is 1.26 bits per heavy atom. The zero-order valence-corrected chi connectivity index (χ0v) is 21.5. The van der Waals surface area contributed by atoms with Gasteiger partial charge in [0.1, 0.15) is 5.75 Å². The van der Waals surface area contributed by atoms with Crippen LogP contribution in [-0.4, -0.2) is 12.0 Å². The lowest BCUT2D eigenvalue weighted by molar-refractivity contribution is 0.415. The smallest absolute Gasteiger partial charge is 0.118 e. The predicted octanol–water partition coefficient (Wildman–Crippen LogP) is 9.09. The summed E-state index contributed by atoms with van der Waals surface area (Å²) in [6, 6.07) is 37.7. The van der Waals surface area contributed by atoms with E-state index in [1.165, 1.54) is 33.4 Å². The van der Waals surface area contributed by atoms with Crippen molar-refractivity contribution >= 4 is 39.8 Å². The Morgan fingerprint density at radius 3 is 1.86 bits per heavy atom. The summed E-state index contributed by atoms with van der Waals surface area (Å²) in [6.07, 6.45) is 3.63. The molecule has 4 aromatic carbocycles. The molecule has 0 saturated carbocycles. The molecule has 0 aliphatic heterocycles. The fourth-order valence-electron chi connectivity index (χ4n) is 4.31. The first-order valence-electron chi connectivity index (χ1n) is 11.9. The Bertz CT molecular complexity index is 1260. The van der Waals surface area contributed by atoms with Crippen molar-refractivity contribution in [3.63, 3.8) is 0 Å². The molecule has 0 bridgehead atoms. The number of halogens is 1. The van der Waals surface area contributed by atoms with Gasteiger partial charge in [-0.2, -0.15) is 0 Å². The molecule has 0 aromatic heterocycles. The van der Waals surface area contributed by atoms with E-state index in [0.29, 0.717) is 0 Å². The van der Waals surface area contributed by atoms with Crippen LogP contribution in [0.3, 0.4) is 0 Å². The second kappa shape index (κ2) is 12.5. The molecule has 0 aliphatic carbocycles. The average molecular weight is 497 g/mol. The largest absolute Gasteiger partial charge is 0.497 e. The third-order valence-corrected chi connectivity index (χ3v) is 6.66. The number of benzene rings is 4. The van der Waals surface area contributed by atoms with Gasteiger partial charge in [0.2, 0.25) is 0 Å². The van der Waals surface area contributed by atoms with Crippen molar-refractivity contribution in [2.75, 3.05) is 7.11 Å². The van der Waals surface area contributed by atoms with Crippen LogP contribution in [0.4, 0.5) is 0 Å². The molecule has 0 fully saturated rings. The normalized spacial score (nSPS) is 11.6. The van der Waals surface area contributed by atoms with Crippen molar-refractivity contribution in [2.24, 2.45) is 0 Å². The molecule has 0 radical (unpaired) electrons. The van der Waals surface area contributed by atoms with Gasteiger partial charge in [-0.3, -0.25) is 0 Å². The summed E-state index contributed by atoms with van der Waals surface area (Å²) in [6.45, 7) is 0. The van der Waals surface area contributed by atoms with Crippen molar-refractivity contribution in [3.05, 3.63) is 136 Å². The van der Waals surface area contributed by atoms with E-state index >= 15 is 0 Å². The van der Waals surface area contributed by atoms with Crippen LogP contribution in [0.25, 0.3) is 11.1 Å². The van der Waals surface area contributed by atoms with E-state index in [1.54, 1.807) is 7.11 Å². The van der Waals surface area contributed by atoms with Crippen molar-refractivity contribution in [1.82, 2.24) is 0 Å². The third-order valence-electron chi connectivity index (χ3n) is 6.06. The van der Waals surface area contributed by atoms with Crippen LogP contribution in [0.15, 0.2) is 109 Å². The van der Waals surface area contributed by atoms with Gasteiger partial charge in [-0.1, -0.05) is 109 Å². The minimum Gasteiger partial charge on any atom is -0.497 e. The molecule has 1 nitrogen and oxygen atoms in total. The van der Waals surface area contributed by atoms with E-state index in [4.69, 9.17) is 28.6 Å². The highest BCUT2D eigenvalue weighted by Gasteiger charge is 2.15. The van der Waals surface area contributed by atoms with Crippen molar-refractivity contribution in [1.29, 1.82) is 0 Å². The van der Waals surface area contributed by atoms with Gasteiger partial charge in [-0.05, 0) is 81.8 Å². The van der Waals surface area contributed by atoms with Gasteiger partial charge in [0.25, 0.3) is 0 Å². The molecule has 4 rings (SSSR count). The third kappa shape index (κ3) is 6.91. The van der Waals surface area contributed by atoms with Crippen LogP contribution in [0.1, 0.15) is 41.5 Å². The van der Waals surface area contributed by atoms with Crippen LogP contribution in [0.2, 0.25) is 5.02 Å².